The van der Waals surface area contributed by atoms with Crippen LogP contribution < -0.4 is 0 Å². The molecule has 3 atom stereocenters. The topological polar surface area (TPSA) is 37.7 Å². The predicted octanol–water partition coefficient (Wildman–Crippen LogP) is 4.08. The maximum atomic E-state index is 13.1. The average molecular weight is 408 g/mol. The molecular formula is C25H33N3O2. The molecular weight excluding hydrogens is 374 g/mol. The summed E-state index contributed by atoms with van der Waals surface area (Å²) in [4.78, 5) is 17.5. The van der Waals surface area contributed by atoms with Gasteiger partial charge in [0.1, 0.15) is 6.23 Å². The number of fused-ring (bicyclic) bond motifs is 2. The molecule has 3 aliphatic rings. The van der Waals surface area contributed by atoms with Gasteiger partial charge < -0.3 is 14.2 Å². The summed E-state index contributed by atoms with van der Waals surface area (Å²) in [7, 11) is 2.17. The van der Waals surface area contributed by atoms with E-state index in [9.17, 15) is 4.79 Å². The smallest absolute Gasteiger partial charge is 0.230 e. The molecule has 1 fully saturated rings. The van der Waals surface area contributed by atoms with Gasteiger partial charge in [-0.1, -0.05) is 18.2 Å². The molecule has 2 aromatic rings. The summed E-state index contributed by atoms with van der Waals surface area (Å²) >= 11 is 0. The maximum absolute atomic E-state index is 13.1. The molecule has 0 radical (unpaired) electrons. The monoisotopic (exact) mass is 407 g/mol. The predicted molar refractivity (Wildman–Crippen MR) is 120 cm³/mol. The molecule has 3 heterocycles. The highest BCUT2D eigenvalue weighted by molar-refractivity contribution is 5.99. The van der Waals surface area contributed by atoms with E-state index < -0.39 is 0 Å². The van der Waals surface area contributed by atoms with Crippen LogP contribution in [0.2, 0.25) is 0 Å². The third-order valence-corrected chi connectivity index (χ3v) is 7.28. The Morgan fingerprint density at radius 3 is 2.80 bits per heavy atom. The number of amides is 1. The Morgan fingerprint density at radius 1 is 1.23 bits per heavy atom. The normalized spacial score (nSPS) is 26.4. The van der Waals surface area contributed by atoms with Gasteiger partial charge in [0.15, 0.2) is 0 Å². The van der Waals surface area contributed by atoms with Crippen molar-refractivity contribution in [3.8, 4) is 0 Å². The molecule has 1 amide bonds. The molecule has 5 rings (SSSR count). The molecule has 160 valence electrons. The van der Waals surface area contributed by atoms with Crippen LogP contribution >= 0.6 is 0 Å². The minimum atomic E-state index is -0.0679. The lowest BCUT2D eigenvalue weighted by Crippen LogP contribution is -2.47. The first-order valence-corrected chi connectivity index (χ1v) is 11.6. The standard InChI is InChI=1S/C25H33N3O2/c1-4-27(5-2)25(29)18-13-20-19-9-8-10-21-24(19)17(14-22(20)26(3)15-18)16-28(21)23-11-6-7-12-30-23/h8-10,13,16,18,22-23H,4-7,11-12,14-15H2,1-3H3. The molecule has 0 N–H and O–H groups in total. The van der Waals surface area contributed by atoms with Gasteiger partial charge in [-0.15, -0.1) is 0 Å². The number of likely N-dealkylation sites (N-methyl/N-ethyl adjacent to an activating group) is 1. The molecule has 1 saturated heterocycles. The van der Waals surface area contributed by atoms with Gasteiger partial charge in [-0.2, -0.15) is 0 Å². The summed E-state index contributed by atoms with van der Waals surface area (Å²) in [6.45, 7) is 7.31. The van der Waals surface area contributed by atoms with Crippen LogP contribution in [-0.4, -0.2) is 59.6 Å². The van der Waals surface area contributed by atoms with Gasteiger partial charge in [0, 0.05) is 43.9 Å². The van der Waals surface area contributed by atoms with Crippen LogP contribution in [0.25, 0.3) is 16.5 Å². The first-order valence-electron chi connectivity index (χ1n) is 11.6. The Labute approximate surface area is 179 Å². The first-order chi connectivity index (χ1) is 14.6. The molecule has 30 heavy (non-hydrogen) atoms. The van der Waals surface area contributed by atoms with Crippen LogP contribution in [0.3, 0.4) is 0 Å². The number of rotatable bonds is 4. The lowest BCUT2D eigenvalue weighted by Gasteiger charge is -2.40. The quantitative estimate of drug-likeness (QED) is 0.767. The number of nitrogens with zero attached hydrogens (tertiary/aromatic N) is 3. The van der Waals surface area contributed by atoms with Crippen molar-refractivity contribution in [2.24, 2.45) is 5.92 Å². The van der Waals surface area contributed by atoms with Crippen LogP contribution in [0, 0.1) is 5.92 Å². The maximum Gasteiger partial charge on any atom is 0.230 e. The zero-order chi connectivity index (χ0) is 20.8. The van der Waals surface area contributed by atoms with Crippen molar-refractivity contribution in [2.75, 3.05) is 33.3 Å². The van der Waals surface area contributed by atoms with Crippen LogP contribution in [0.5, 0.6) is 0 Å². The van der Waals surface area contributed by atoms with E-state index in [0.717, 1.165) is 45.5 Å². The number of carbonyl (C=O) groups is 1. The van der Waals surface area contributed by atoms with Gasteiger partial charge >= 0.3 is 0 Å². The number of aromatic nitrogens is 1. The Morgan fingerprint density at radius 2 is 2.07 bits per heavy atom. The van der Waals surface area contributed by atoms with Crippen molar-refractivity contribution in [3.63, 3.8) is 0 Å². The molecule has 0 bridgehead atoms. The van der Waals surface area contributed by atoms with E-state index >= 15 is 0 Å². The van der Waals surface area contributed by atoms with Gasteiger partial charge in [-0.25, -0.2) is 0 Å². The molecule has 0 spiro atoms. The molecule has 3 unspecified atom stereocenters. The zero-order valence-corrected chi connectivity index (χ0v) is 18.4. The third kappa shape index (κ3) is 3.10. The van der Waals surface area contributed by atoms with Gasteiger partial charge in [-0.05, 0) is 69.3 Å². The molecule has 0 saturated carbocycles. The summed E-state index contributed by atoms with van der Waals surface area (Å²) in [5.74, 6) is 0.186. The second kappa shape index (κ2) is 7.86. The zero-order valence-electron chi connectivity index (χ0n) is 18.4. The van der Waals surface area contributed by atoms with Gasteiger partial charge in [-0.3, -0.25) is 9.69 Å². The second-order valence-electron chi connectivity index (χ2n) is 8.98. The highest BCUT2D eigenvalue weighted by Gasteiger charge is 2.37. The SMILES string of the molecule is CCN(CC)C(=O)C1C=C2c3cccc4c3c(cn4C3CCCCO3)CC2N(C)C1. The fraction of sp³-hybridized carbons (Fsp3) is 0.560. The third-order valence-electron chi connectivity index (χ3n) is 7.28. The number of ether oxygens (including phenoxy) is 1. The van der Waals surface area contributed by atoms with Crippen LogP contribution in [-0.2, 0) is 16.0 Å². The fourth-order valence-electron chi connectivity index (χ4n) is 5.69. The molecule has 5 heteroatoms. The molecule has 5 nitrogen and oxygen atoms in total. The van der Waals surface area contributed by atoms with Gasteiger partial charge in [0.2, 0.25) is 5.91 Å². The lowest BCUT2D eigenvalue weighted by molar-refractivity contribution is -0.134. The first kappa shape index (κ1) is 19.8. The summed E-state index contributed by atoms with van der Waals surface area (Å²) in [6.07, 6.45) is 9.23. The minimum absolute atomic E-state index is 0.0679. The fourth-order valence-corrected chi connectivity index (χ4v) is 5.69. The Hall–Kier alpha value is -2.11. The van der Waals surface area contributed by atoms with Crippen molar-refractivity contribution < 1.29 is 9.53 Å². The summed E-state index contributed by atoms with van der Waals surface area (Å²) in [6, 6.07) is 6.98. The van der Waals surface area contributed by atoms with E-state index in [1.165, 1.54) is 34.0 Å². The van der Waals surface area contributed by atoms with Crippen molar-refractivity contribution in [1.29, 1.82) is 0 Å². The minimum Gasteiger partial charge on any atom is -0.358 e. The number of hydrogen-bond donors (Lipinski definition) is 0. The number of hydrogen-bond acceptors (Lipinski definition) is 3. The van der Waals surface area contributed by atoms with E-state index in [4.69, 9.17) is 4.74 Å². The Kier molecular flexibility index (Phi) is 5.19. The van der Waals surface area contributed by atoms with Crippen LogP contribution in [0.4, 0.5) is 0 Å². The van der Waals surface area contributed by atoms with E-state index in [1.807, 2.05) is 4.90 Å². The molecule has 1 aromatic carbocycles. The molecule has 1 aromatic heterocycles. The van der Waals surface area contributed by atoms with Crippen molar-refractivity contribution in [2.45, 2.75) is 51.8 Å². The molecule has 1 aliphatic carbocycles. The van der Waals surface area contributed by atoms with Gasteiger partial charge in [0.25, 0.3) is 0 Å². The van der Waals surface area contributed by atoms with Gasteiger partial charge in [0.05, 0.1) is 11.4 Å². The summed E-state index contributed by atoms with van der Waals surface area (Å²) < 4.78 is 8.48. The highest BCUT2D eigenvalue weighted by Crippen LogP contribution is 2.43. The highest BCUT2D eigenvalue weighted by atomic mass is 16.5. The van der Waals surface area contributed by atoms with Crippen molar-refractivity contribution in [1.82, 2.24) is 14.4 Å². The Bertz CT molecular complexity index is 982. The van der Waals surface area contributed by atoms with E-state index in [0.29, 0.717) is 6.04 Å². The van der Waals surface area contributed by atoms with Crippen molar-refractivity contribution >= 4 is 22.4 Å². The number of benzene rings is 1. The van der Waals surface area contributed by atoms with Crippen LogP contribution in [0.15, 0.2) is 30.5 Å². The second-order valence-corrected chi connectivity index (χ2v) is 8.98. The summed E-state index contributed by atoms with van der Waals surface area (Å²) in [5, 5.41) is 1.36. The van der Waals surface area contributed by atoms with E-state index in [1.54, 1.807) is 0 Å². The Balaban J connectivity index is 1.58. The van der Waals surface area contributed by atoms with Crippen molar-refractivity contribution in [3.05, 3.63) is 41.6 Å². The van der Waals surface area contributed by atoms with E-state index in [-0.39, 0.29) is 18.1 Å². The average Bonchev–Trinajstić information content (AvgIpc) is 3.15. The van der Waals surface area contributed by atoms with E-state index in [2.05, 4.69) is 60.8 Å². The molecule has 2 aliphatic heterocycles. The largest absolute Gasteiger partial charge is 0.358 e. The number of carbonyl (C=O) groups excluding carboxylic acids is 1. The van der Waals surface area contributed by atoms with Crippen LogP contribution in [0.1, 0.15) is 50.5 Å². The summed E-state index contributed by atoms with van der Waals surface area (Å²) in [5.41, 5.74) is 5.32. The lowest BCUT2D eigenvalue weighted by atomic mass is 9.79.